The Morgan fingerprint density at radius 1 is 1.08 bits per heavy atom. The van der Waals surface area contributed by atoms with E-state index >= 15 is 0 Å². The zero-order valence-corrected chi connectivity index (χ0v) is 9.50. The van der Waals surface area contributed by atoms with Gasteiger partial charge < -0.3 is 10.6 Å². The summed E-state index contributed by atoms with van der Waals surface area (Å²) in [6.45, 7) is 6.89. The molecule has 0 aromatic carbocycles. The van der Waals surface area contributed by atoms with Crippen molar-refractivity contribution in [2.75, 3.05) is 27.2 Å². The van der Waals surface area contributed by atoms with Crippen molar-refractivity contribution in [2.45, 2.75) is 13.8 Å². The molecule has 13 heavy (non-hydrogen) atoms. The molecule has 0 aromatic heterocycles. The van der Waals surface area contributed by atoms with Gasteiger partial charge in [-0.3, -0.25) is 9.11 Å². The van der Waals surface area contributed by atoms with E-state index in [1.54, 1.807) is 0 Å². The standard InChI is InChI=1S/C6H16N.H3N.H2O4S/c1-5-7(3,4)6-2;;1-5(2,3)4/h5-6H2,1-4H3;1H3;(H2,1,2,3,4)/q+1;;. The van der Waals surface area contributed by atoms with Gasteiger partial charge in [-0.05, 0) is 13.8 Å². The first-order valence-corrected chi connectivity index (χ1v) is 5.04. The molecule has 0 saturated heterocycles. The predicted octanol–water partition coefficient (Wildman–Crippen LogP) is 0.612. The Morgan fingerprint density at radius 3 is 1.23 bits per heavy atom. The topological polar surface area (TPSA) is 110 Å². The van der Waals surface area contributed by atoms with E-state index in [-0.39, 0.29) is 6.15 Å². The van der Waals surface area contributed by atoms with Crippen molar-refractivity contribution in [2.24, 2.45) is 0 Å². The molecule has 0 rings (SSSR count). The molecule has 0 fully saturated rings. The number of rotatable bonds is 2. The van der Waals surface area contributed by atoms with E-state index < -0.39 is 10.4 Å². The molecule has 84 valence electrons. The number of hydrogen-bond acceptors (Lipinski definition) is 3. The van der Waals surface area contributed by atoms with Crippen LogP contribution in [0.3, 0.4) is 0 Å². The monoisotopic (exact) mass is 217 g/mol. The largest absolute Gasteiger partial charge is 0.394 e. The van der Waals surface area contributed by atoms with Crippen LogP contribution >= 0.6 is 0 Å². The van der Waals surface area contributed by atoms with Crippen molar-refractivity contribution < 1.29 is 22.0 Å². The lowest BCUT2D eigenvalue weighted by Gasteiger charge is -2.25. The average Bonchev–Trinajstić information content (AvgIpc) is 1.85. The van der Waals surface area contributed by atoms with E-state index in [1.807, 2.05) is 0 Å². The summed E-state index contributed by atoms with van der Waals surface area (Å²) in [5.41, 5.74) is 0. The van der Waals surface area contributed by atoms with Gasteiger partial charge in [0.2, 0.25) is 0 Å². The van der Waals surface area contributed by atoms with Crippen molar-refractivity contribution in [3.8, 4) is 0 Å². The van der Waals surface area contributed by atoms with E-state index in [4.69, 9.17) is 17.5 Å². The fourth-order valence-electron chi connectivity index (χ4n) is 0.224. The van der Waals surface area contributed by atoms with Gasteiger partial charge in [-0.2, -0.15) is 8.42 Å². The summed E-state index contributed by atoms with van der Waals surface area (Å²) in [7, 11) is -0.194. The quantitative estimate of drug-likeness (QED) is 0.464. The minimum Gasteiger partial charge on any atom is -0.344 e. The van der Waals surface area contributed by atoms with Gasteiger partial charge in [0.25, 0.3) is 0 Å². The smallest absolute Gasteiger partial charge is 0.344 e. The molecular formula is C6H21N2O4S+. The van der Waals surface area contributed by atoms with Crippen LogP contribution in [-0.2, 0) is 10.4 Å². The molecule has 0 aliphatic carbocycles. The van der Waals surface area contributed by atoms with Crippen molar-refractivity contribution in [1.29, 1.82) is 0 Å². The third kappa shape index (κ3) is 33.7. The number of quaternary nitrogens is 1. The van der Waals surface area contributed by atoms with Gasteiger partial charge in [-0.1, -0.05) is 0 Å². The van der Waals surface area contributed by atoms with Crippen molar-refractivity contribution >= 4 is 10.4 Å². The maximum atomic E-state index is 8.74. The highest BCUT2D eigenvalue weighted by atomic mass is 32.3. The summed E-state index contributed by atoms with van der Waals surface area (Å²) in [5.74, 6) is 0. The van der Waals surface area contributed by atoms with Gasteiger partial charge in [-0.15, -0.1) is 0 Å². The highest BCUT2D eigenvalue weighted by molar-refractivity contribution is 7.79. The van der Waals surface area contributed by atoms with Crippen LogP contribution in [0.25, 0.3) is 0 Å². The third-order valence-electron chi connectivity index (χ3n) is 1.71. The molecule has 0 radical (unpaired) electrons. The van der Waals surface area contributed by atoms with Crippen LogP contribution in [0, 0.1) is 0 Å². The van der Waals surface area contributed by atoms with Crippen LogP contribution < -0.4 is 6.15 Å². The lowest BCUT2D eigenvalue weighted by Crippen LogP contribution is -2.38. The van der Waals surface area contributed by atoms with Gasteiger partial charge in [0.1, 0.15) is 0 Å². The Balaban J connectivity index is -0.000000150. The summed E-state index contributed by atoms with van der Waals surface area (Å²) >= 11 is 0. The van der Waals surface area contributed by atoms with Crippen LogP contribution in [0.5, 0.6) is 0 Å². The van der Waals surface area contributed by atoms with Crippen LogP contribution in [0.1, 0.15) is 13.8 Å². The fourth-order valence-corrected chi connectivity index (χ4v) is 0.224. The molecule has 0 aromatic rings. The first-order valence-electron chi connectivity index (χ1n) is 3.64. The molecule has 0 bridgehead atoms. The summed E-state index contributed by atoms with van der Waals surface area (Å²) in [6.07, 6.45) is 0. The van der Waals surface area contributed by atoms with E-state index in [9.17, 15) is 0 Å². The molecule has 5 N–H and O–H groups in total. The minimum atomic E-state index is -4.67. The highest BCUT2D eigenvalue weighted by Gasteiger charge is 2.04. The molecule has 6 nitrogen and oxygen atoms in total. The van der Waals surface area contributed by atoms with E-state index in [1.165, 1.54) is 13.1 Å². The Hall–Kier alpha value is -0.210. The van der Waals surface area contributed by atoms with Gasteiger partial charge >= 0.3 is 10.4 Å². The molecule has 0 unspecified atom stereocenters. The summed E-state index contributed by atoms with van der Waals surface area (Å²) in [6, 6.07) is 0. The van der Waals surface area contributed by atoms with Crippen molar-refractivity contribution in [3.05, 3.63) is 0 Å². The molecule has 0 saturated carbocycles. The minimum absolute atomic E-state index is 0. The summed E-state index contributed by atoms with van der Waals surface area (Å²) < 4.78 is 32.7. The zero-order valence-electron chi connectivity index (χ0n) is 8.69. The molecule has 0 aliphatic rings. The van der Waals surface area contributed by atoms with Gasteiger partial charge in [0, 0.05) is 0 Å². The van der Waals surface area contributed by atoms with Crippen molar-refractivity contribution in [3.63, 3.8) is 0 Å². The normalized spacial score (nSPS) is 10.9. The van der Waals surface area contributed by atoms with Crippen LogP contribution in [0.4, 0.5) is 0 Å². The maximum Gasteiger partial charge on any atom is 0.394 e. The maximum absolute atomic E-state index is 8.74. The molecule has 0 atom stereocenters. The second-order valence-corrected chi connectivity index (χ2v) is 3.91. The molecule has 0 amide bonds. The predicted molar refractivity (Wildman–Crippen MR) is 52.4 cm³/mol. The molecule has 0 aliphatic heterocycles. The Morgan fingerprint density at radius 2 is 1.23 bits per heavy atom. The summed E-state index contributed by atoms with van der Waals surface area (Å²) in [5, 5.41) is 0. The van der Waals surface area contributed by atoms with Gasteiger partial charge in [-0.25, -0.2) is 0 Å². The third-order valence-corrected chi connectivity index (χ3v) is 1.71. The number of hydrogen-bond donors (Lipinski definition) is 3. The fraction of sp³-hybridized carbons (Fsp3) is 1.00. The first-order chi connectivity index (χ1) is 5.12. The van der Waals surface area contributed by atoms with Crippen LogP contribution in [0.15, 0.2) is 0 Å². The Labute approximate surface area is 80.3 Å². The highest BCUT2D eigenvalue weighted by Crippen LogP contribution is 1.91. The first kappa shape index (κ1) is 18.5. The average molecular weight is 217 g/mol. The Bertz CT molecular complexity index is 187. The van der Waals surface area contributed by atoms with E-state index in [2.05, 4.69) is 27.9 Å². The van der Waals surface area contributed by atoms with E-state index in [0.29, 0.717) is 0 Å². The summed E-state index contributed by atoms with van der Waals surface area (Å²) in [4.78, 5) is 0. The van der Waals surface area contributed by atoms with Crippen LogP contribution in [0.2, 0.25) is 0 Å². The molecule has 0 spiro atoms. The second kappa shape index (κ2) is 7.22. The van der Waals surface area contributed by atoms with Crippen LogP contribution in [-0.4, -0.2) is 49.2 Å². The van der Waals surface area contributed by atoms with E-state index in [0.717, 1.165) is 4.48 Å². The number of nitrogens with zero attached hydrogens (tertiary/aromatic N) is 1. The molecule has 0 heterocycles. The molecular weight excluding hydrogens is 196 g/mol. The zero-order chi connectivity index (χ0) is 10.4. The Kier molecular flexibility index (Phi) is 10.3. The van der Waals surface area contributed by atoms with Gasteiger partial charge in [0.05, 0.1) is 27.2 Å². The second-order valence-electron chi connectivity index (χ2n) is 3.02. The SMILES string of the molecule is CC[N+](C)(C)CC.N.O=S(=O)(O)O. The van der Waals surface area contributed by atoms with Crippen molar-refractivity contribution in [1.82, 2.24) is 6.15 Å². The lowest BCUT2D eigenvalue weighted by molar-refractivity contribution is -0.886. The lowest BCUT2D eigenvalue weighted by atomic mass is 10.5. The molecule has 7 heteroatoms. The van der Waals surface area contributed by atoms with Gasteiger partial charge in [0.15, 0.2) is 0 Å².